The van der Waals surface area contributed by atoms with Crippen LogP contribution in [-0.4, -0.2) is 21.2 Å². The van der Waals surface area contributed by atoms with E-state index in [1.165, 1.54) is 12.8 Å². The van der Waals surface area contributed by atoms with Crippen LogP contribution in [0.3, 0.4) is 0 Å². The molecule has 1 fully saturated rings. The van der Waals surface area contributed by atoms with E-state index in [2.05, 4.69) is 20.4 Å². The molecule has 2 aromatic heterocycles. The minimum Gasteiger partial charge on any atom is -0.334 e. The Morgan fingerprint density at radius 2 is 2.29 bits per heavy atom. The van der Waals surface area contributed by atoms with Gasteiger partial charge in [-0.2, -0.15) is 4.98 Å². The summed E-state index contributed by atoms with van der Waals surface area (Å²) in [5, 5.41) is 7.29. The second-order valence-corrected chi connectivity index (χ2v) is 4.42. The second kappa shape index (κ2) is 4.25. The van der Waals surface area contributed by atoms with Gasteiger partial charge in [-0.1, -0.05) is 5.16 Å². The summed E-state index contributed by atoms with van der Waals surface area (Å²) < 4.78 is 5.22. The SMILES string of the molecule is Cc1cncc(-c2nc(CNC3CC3)no2)c1. The lowest BCUT2D eigenvalue weighted by Gasteiger charge is -1.95. The zero-order chi connectivity index (χ0) is 11.7. The lowest BCUT2D eigenvalue weighted by Crippen LogP contribution is -2.16. The van der Waals surface area contributed by atoms with Crippen LogP contribution >= 0.6 is 0 Å². The van der Waals surface area contributed by atoms with Crippen molar-refractivity contribution in [2.45, 2.75) is 32.4 Å². The first-order chi connectivity index (χ1) is 8.31. The van der Waals surface area contributed by atoms with Crippen LogP contribution in [0.1, 0.15) is 24.2 Å². The molecule has 1 N–H and O–H groups in total. The summed E-state index contributed by atoms with van der Waals surface area (Å²) in [4.78, 5) is 8.45. The van der Waals surface area contributed by atoms with E-state index in [-0.39, 0.29) is 0 Å². The number of pyridine rings is 1. The number of hydrogen-bond acceptors (Lipinski definition) is 5. The number of hydrogen-bond donors (Lipinski definition) is 1. The highest BCUT2D eigenvalue weighted by molar-refractivity contribution is 5.51. The van der Waals surface area contributed by atoms with Crippen LogP contribution < -0.4 is 5.32 Å². The molecule has 1 aliphatic carbocycles. The molecule has 88 valence electrons. The fraction of sp³-hybridized carbons (Fsp3) is 0.417. The predicted octanol–water partition coefficient (Wildman–Crippen LogP) is 1.69. The van der Waals surface area contributed by atoms with Crippen LogP contribution in [0.2, 0.25) is 0 Å². The van der Waals surface area contributed by atoms with Crippen molar-refractivity contribution in [3.8, 4) is 11.5 Å². The summed E-state index contributed by atoms with van der Waals surface area (Å²) >= 11 is 0. The van der Waals surface area contributed by atoms with Gasteiger partial charge in [-0.05, 0) is 31.4 Å². The highest BCUT2D eigenvalue weighted by Gasteiger charge is 2.21. The van der Waals surface area contributed by atoms with E-state index in [9.17, 15) is 0 Å². The van der Waals surface area contributed by atoms with Crippen molar-refractivity contribution in [3.63, 3.8) is 0 Å². The maximum Gasteiger partial charge on any atom is 0.259 e. The van der Waals surface area contributed by atoms with Gasteiger partial charge in [-0.3, -0.25) is 4.98 Å². The summed E-state index contributed by atoms with van der Waals surface area (Å²) in [6.45, 7) is 2.66. The van der Waals surface area contributed by atoms with Crippen molar-refractivity contribution in [1.29, 1.82) is 0 Å². The molecule has 0 spiro atoms. The molecular weight excluding hydrogens is 216 g/mol. The van der Waals surface area contributed by atoms with Crippen LogP contribution in [0, 0.1) is 6.92 Å². The van der Waals surface area contributed by atoms with Crippen molar-refractivity contribution in [2.75, 3.05) is 0 Å². The van der Waals surface area contributed by atoms with Gasteiger partial charge in [0, 0.05) is 18.4 Å². The zero-order valence-electron chi connectivity index (χ0n) is 9.68. The lowest BCUT2D eigenvalue weighted by atomic mass is 10.2. The van der Waals surface area contributed by atoms with Gasteiger partial charge >= 0.3 is 0 Å². The summed E-state index contributed by atoms with van der Waals surface area (Å²) in [6, 6.07) is 2.64. The fourth-order valence-corrected chi connectivity index (χ4v) is 1.64. The minimum atomic E-state index is 0.536. The topological polar surface area (TPSA) is 63.8 Å². The standard InChI is InChI=1S/C12H14N4O/c1-8-4-9(6-13-5-8)12-15-11(16-17-12)7-14-10-2-3-10/h4-6,10,14H,2-3,7H2,1H3. The normalized spacial score (nSPS) is 15.1. The minimum absolute atomic E-state index is 0.536. The molecule has 2 heterocycles. The van der Waals surface area contributed by atoms with Crippen molar-refractivity contribution in [3.05, 3.63) is 29.8 Å². The molecule has 17 heavy (non-hydrogen) atoms. The van der Waals surface area contributed by atoms with Crippen LogP contribution in [-0.2, 0) is 6.54 Å². The third-order valence-corrected chi connectivity index (χ3v) is 2.72. The fourth-order valence-electron chi connectivity index (χ4n) is 1.64. The molecule has 3 rings (SSSR count). The first-order valence-electron chi connectivity index (χ1n) is 5.79. The second-order valence-electron chi connectivity index (χ2n) is 4.42. The van der Waals surface area contributed by atoms with E-state index in [0.717, 1.165) is 11.1 Å². The van der Waals surface area contributed by atoms with Gasteiger partial charge in [0.15, 0.2) is 5.82 Å². The van der Waals surface area contributed by atoms with E-state index in [0.29, 0.717) is 24.3 Å². The molecule has 0 atom stereocenters. The monoisotopic (exact) mass is 230 g/mol. The average Bonchev–Trinajstić information content (AvgIpc) is 3.04. The Bertz CT molecular complexity index is 519. The van der Waals surface area contributed by atoms with E-state index in [4.69, 9.17) is 4.52 Å². The molecule has 0 aromatic carbocycles. The van der Waals surface area contributed by atoms with E-state index in [1.54, 1.807) is 12.4 Å². The maximum atomic E-state index is 5.22. The highest BCUT2D eigenvalue weighted by Crippen LogP contribution is 2.20. The van der Waals surface area contributed by atoms with Gasteiger partial charge in [-0.25, -0.2) is 0 Å². The quantitative estimate of drug-likeness (QED) is 0.866. The van der Waals surface area contributed by atoms with E-state index < -0.39 is 0 Å². The van der Waals surface area contributed by atoms with Crippen LogP contribution in [0.15, 0.2) is 23.0 Å². The van der Waals surface area contributed by atoms with Crippen LogP contribution in [0.5, 0.6) is 0 Å². The molecule has 2 aromatic rings. The van der Waals surface area contributed by atoms with Gasteiger partial charge in [0.1, 0.15) is 0 Å². The summed E-state index contributed by atoms with van der Waals surface area (Å²) in [6.07, 6.45) is 6.05. The number of rotatable bonds is 4. The number of aromatic nitrogens is 3. The smallest absolute Gasteiger partial charge is 0.259 e. The highest BCUT2D eigenvalue weighted by atomic mass is 16.5. The number of aryl methyl sites for hydroxylation is 1. The Balaban J connectivity index is 1.74. The maximum absolute atomic E-state index is 5.22. The Hall–Kier alpha value is -1.75. The number of nitrogens with one attached hydrogen (secondary N) is 1. The van der Waals surface area contributed by atoms with Crippen molar-refractivity contribution in [1.82, 2.24) is 20.4 Å². The molecule has 1 saturated carbocycles. The molecule has 0 aliphatic heterocycles. The first kappa shape index (κ1) is 10.4. The van der Waals surface area contributed by atoms with Gasteiger partial charge in [0.2, 0.25) is 0 Å². The molecule has 0 saturated heterocycles. The van der Waals surface area contributed by atoms with E-state index in [1.807, 2.05) is 13.0 Å². The molecule has 0 radical (unpaired) electrons. The Labute approximate surface area is 99.3 Å². The Morgan fingerprint density at radius 1 is 1.41 bits per heavy atom. The van der Waals surface area contributed by atoms with Crippen molar-refractivity contribution < 1.29 is 4.52 Å². The summed E-state index contributed by atoms with van der Waals surface area (Å²) in [5.41, 5.74) is 1.95. The van der Waals surface area contributed by atoms with Gasteiger partial charge in [0.05, 0.1) is 12.1 Å². The molecule has 5 heteroatoms. The van der Waals surface area contributed by atoms with Gasteiger partial charge < -0.3 is 9.84 Å². The molecular formula is C12H14N4O. The third-order valence-electron chi connectivity index (χ3n) is 2.72. The predicted molar refractivity (Wildman–Crippen MR) is 62.1 cm³/mol. The molecule has 0 bridgehead atoms. The molecule has 1 aliphatic rings. The van der Waals surface area contributed by atoms with Crippen molar-refractivity contribution in [2.24, 2.45) is 0 Å². The average molecular weight is 230 g/mol. The molecule has 0 unspecified atom stereocenters. The lowest BCUT2D eigenvalue weighted by molar-refractivity contribution is 0.419. The van der Waals surface area contributed by atoms with Gasteiger partial charge in [-0.15, -0.1) is 0 Å². The zero-order valence-corrected chi connectivity index (χ0v) is 9.68. The third kappa shape index (κ3) is 2.50. The van der Waals surface area contributed by atoms with Crippen LogP contribution in [0.4, 0.5) is 0 Å². The molecule has 5 nitrogen and oxygen atoms in total. The summed E-state index contributed by atoms with van der Waals surface area (Å²) in [7, 11) is 0. The number of nitrogens with zero attached hydrogens (tertiary/aromatic N) is 3. The van der Waals surface area contributed by atoms with E-state index >= 15 is 0 Å². The molecule has 0 amide bonds. The van der Waals surface area contributed by atoms with Gasteiger partial charge in [0.25, 0.3) is 5.89 Å². The van der Waals surface area contributed by atoms with Crippen molar-refractivity contribution >= 4 is 0 Å². The Morgan fingerprint density at radius 3 is 3.06 bits per heavy atom. The summed E-state index contributed by atoms with van der Waals surface area (Å²) in [5.74, 6) is 1.24. The Kier molecular flexibility index (Phi) is 2.60. The first-order valence-corrected chi connectivity index (χ1v) is 5.79. The van der Waals surface area contributed by atoms with Crippen LogP contribution in [0.25, 0.3) is 11.5 Å². The largest absolute Gasteiger partial charge is 0.334 e.